The Morgan fingerprint density at radius 3 is 2.26 bits per heavy atom. The Balaban J connectivity index is 1.34. The molecule has 1 heterocycles. The van der Waals surface area contributed by atoms with E-state index in [2.05, 4.69) is 14.9 Å². The number of halogens is 1. The van der Waals surface area contributed by atoms with Crippen LogP contribution in [0, 0.1) is 5.82 Å². The number of para-hydroxylation sites is 1. The SMILES string of the molecule is O=C(NCCc1ccccc1)c1ccccc1N1CCC(NS(=O)(=O)c2ccc(F)cc2)CC1. The molecule has 34 heavy (non-hydrogen) atoms. The van der Waals surface area contributed by atoms with E-state index in [0.717, 1.165) is 24.2 Å². The lowest BCUT2D eigenvalue weighted by atomic mass is 10.0. The number of carbonyl (C=O) groups is 1. The molecule has 0 spiro atoms. The van der Waals surface area contributed by atoms with E-state index >= 15 is 0 Å². The normalized spacial score (nSPS) is 14.7. The second-order valence-electron chi connectivity index (χ2n) is 8.35. The summed E-state index contributed by atoms with van der Waals surface area (Å²) in [6.07, 6.45) is 1.96. The zero-order valence-corrected chi connectivity index (χ0v) is 19.6. The van der Waals surface area contributed by atoms with E-state index < -0.39 is 15.8 Å². The molecule has 0 aliphatic carbocycles. The number of piperidine rings is 1. The fourth-order valence-corrected chi connectivity index (χ4v) is 5.45. The number of nitrogens with zero attached hydrogens (tertiary/aromatic N) is 1. The topological polar surface area (TPSA) is 78.5 Å². The van der Waals surface area contributed by atoms with Gasteiger partial charge >= 0.3 is 0 Å². The second-order valence-corrected chi connectivity index (χ2v) is 10.1. The van der Waals surface area contributed by atoms with E-state index in [-0.39, 0.29) is 16.8 Å². The highest BCUT2D eigenvalue weighted by Gasteiger charge is 2.26. The van der Waals surface area contributed by atoms with Crippen molar-refractivity contribution >= 4 is 21.6 Å². The third-order valence-corrected chi connectivity index (χ3v) is 7.51. The average molecular weight is 482 g/mol. The number of benzene rings is 3. The van der Waals surface area contributed by atoms with Gasteiger partial charge in [-0.3, -0.25) is 4.79 Å². The van der Waals surface area contributed by atoms with Gasteiger partial charge in [0, 0.05) is 31.4 Å². The molecular weight excluding hydrogens is 453 g/mol. The molecule has 3 aromatic carbocycles. The Morgan fingerprint density at radius 1 is 0.912 bits per heavy atom. The molecule has 4 rings (SSSR count). The van der Waals surface area contributed by atoms with Crippen molar-refractivity contribution in [3.63, 3.8) is 0 Å². The maximum atomic E-state index is 13.1. The van der Waals surface area contributed by atoms with Gasteiger partial charge in [0.15, 0.2) is 0 Å². The summed E-state index contributed by atoms with van der Waals surface area (Å²) in [6.45, 7) is 1.78. The standard InChI is InChI=1S/C26H28FN3O3S/c27-21-10-12-23(13-11-21)34(32,33)29-22-15-18-30(19-16-22)25-9-5-4-8-24(25)26(31)28-17-14-20-6-2-1-3-7-20/h1-13,22,29H,14-19H2,(H,28,31). The van der Waals surface area contributed by atoms with Gasteiger partial charge in [0.25, 0.3) is 5.91 Å². The molecule has 1 aliphatic heterocycles. The van der Waals surface area contributed by atoms with Crippen LogP contribution in [0.2, 0.25) is 0 Å². The molecule has 2 N–H and O–H groups in total. The van der Waals surface area contributed by atoms with Crippen LogP contribution in [-0.4, -0.2) is 40.0 Å². The first-order valence-corrected chi connectivity index (χ1v) is 12.8. The summed E-state index contributed by atoms with van der Waals surface area (Å²) in [5.74, 6) is -0.597. The highest BCUT2D eigenvalue weighted by molar-refractivity contribution is 7.89. The number of hydrogen-bond donors (Lipinski definition) is 2. The van der Waals surface area contributed by atoms with Crippen LogP contribution < -0.4 is 14.9 Å². The van der Waals surface area contributed by atoms with Crippen LogP contribution in [0.25, 0.3) is 0 Å². The van der Waals surface area contributed by atoms with Crippen molar-refractivity contribution in [3.05, 3.63) is 95.8 Å². The summed E-state index contributed by atoms with van der Waals surface area (Å²) in [5, 5.41) is 3.00. The highest BCUT2D eigenvalue weighted by Crippen LogP contribution is 2.25. The summed E-state index contributed by atoms with van der Waals surface area (Å²) in [6, 6.07) is 22.1. The fraction of sp³-hybridized carbons (Fsp3) is 0.269. The molecule has 0 bridgehead atoms. The van der Waals surface area contributed by atoms with Crippen molar-refractivity contribution in [1.29, 1.82) is 0 Å². The van der Waals surface area contributed by atoms with Crippen LogP contribution >= 0.6 is 0 Å². The van der Waals surface area contributed by atoms with Crippen LogP contribution in [0.15, 0.2) is 83.8 Å². The maximum absolute atomic E-state index is 13.1. The van der Waals surface area contributed by atoms with Crippen LogP contribution in [-0.2, 0) is 16.4 Å². The van der Waals surface area contributed by atoms with E-state index in [1.54, 1.807) is 0 Å². The predicted molar refractivity (Wildman–Crippen MR) is 131 cm³/mol. The van der Waals surface area contributed by atoms with Gasteiger partial charge in [0.05, 0.1) is 10.5 Å². The molecule has 0 aromatic heterocycles. The monoisotopic (exact) mass is 481 g/mol. The van der Waals surface area contributed by atoms with Crippen molar-refractivity contribution in [2.75, 3.05) is 24.5 Å². The summed E-state index contributed by atoms with van der Waals surface area (Å²) < 4.78 is 41.1. The molecule has 1 fully saturated rings. The zero-order chi connectivity index (χ0) is 24.0. The maximum Gasteiger partial charge on any atom is 0.253 e. The first-order chi connectivity index (χ1) is 16.4. The third-order valence-electron chi connectivity index (χ3n) is 5.97. The van der Waals surface area contributed by atoms with E-state index in [1.165, 1.54) is 17.7 Å². The van der Waals surface area contributed by atoms with E-state index in [9.17, 15) is 17.6 Å². The Morgan fingerprint density at radius 2 is 1.56 bits per heavy atom. The summed E-state index contributed by atoms with van der Waals surface area (Å²) in [5.41, 5.74) is 2.63. The lowest BCUT2D eigenvalue weighted by molar-refractivity contribution is 0.0954. The van der Waals surface area contributed by atoms with E-state index in [4.69, 9.17) is 0 Å². The van der Waals surface area contributed by atoms with Crippen LogP contribution in [0.1, 0.15) is 28.8 Å². The van der Waals surface area contributed by atoms with E-state index in [1.807, 2.05) is 54.6 Å². The molecule has 1 aliphatic rings. The van der Waals surface area contributed by atoms with Crippen LogP contribution in [0.4, 0.5) is 10.1 Å². The molecular formula is C26H28FN3O3S. The molecule has 0 atom stereocenters. The van der Waals surface area contributed by atoms with Crippen molar-refractivity contribution in [2.24, 2.45) is 0 Å². The molecule has 0 unspecified atom stereocenters. The molecule has 8 heteroatoms. The molecule has 178 valence electrons. The first-order valence-electron chi connectivity index (χ1n) is 11.4. The Kier molecular flexibility index (Phi) is 7.59. The number of hydrogen-bond acceptors (Lipinski definition) is 4. The van der Waals surface area contributed by atoms with Crippen LogP contribution in [0.3, 0.4) is 0 Å². The molecule has 0 saturated carbocycles. The Labute approximate surface area is 199 Å². The minimum absolute atomic E-state index is 0.0499. The number of amides is 1. The van der Waals surface area contributed by atoms with Gasteiger partial charge < -0.3 is 10.2 Å². The Hall–Kier alpha value is -3.23. The summed E-state index contributed by atoms with van der Waals surface area (Å²) >= 11 is 0. The van der Waals surface area contributed by atoms with Gasteiger partial charge in [-0.2, -0.15) is 0 Å². The zero-order valence-electron chi connectivity index (χ0n) is 18.8. The van der Waals surface area contributed by atoms with Crippen molar-refractivity contribution in [2.45, 2.75) is 30.2 Å². The fourth-order valence-electron chi connectivity index (χ4n) is 4.14. The number of rotatable bonds is 8. The van der Waals surface area contributed by atoms with Gasteiger partial charge in [0.1, 0.15) is 5.82 Å². The summed E-state index contributed by atoms with van der Waals surface area (Å²) in [4.78, 5) is 15.0. The molecule has 6 nitrogen and oxygen atoms in total. The number of nitrogens with one attached hydrogen (secondary N) is 2. The Bertz CT molecular complexity index is 1210. The molecule has 0 radical (unpaired) electrons. The van der Waals surface area contributed by atoms with Crippen LogP contribution in [0.5, 0.6) is 0 Å². The van der Waals surface area contributed by atoms with Gasteiger partial charge in [-0.05, 0) is 61.2 Å². The average Bonchev–Trinajstić information content (AvgIpc) is 2.85. The molecule has 3 aromatic rings. The molecule has 1 amide bonds. The lowest BCUT2D eigenvalue weighted by Gasteiger charge is -2.34. The van der Waals surface area contributed by atoms with Gasteiger partial charge in [-0.15, -0.1) is 0 Å². The first kappa shape index (κ1) is 23.9. The lowest BCUT2D eigenvalue weighted by Crippen LogP contribution is -2.45. The van der Waals surface area contributed by atoms with Crippen molar-refractivity contribution in [1.82, 2.24) is 10.0 Å². The van der Waals surface area contributed by atoms with Gasteiger partial charge in [-0.25, -0.2) is 17.5 Å². The highest BCUT2D eigenvalue weighted by atomic mass is 32.2. The summed E-state index contributed by atoms with van der Waals surface area (Å²) in [7, 11) is -3.71. The number of anilines is 1. The number of sulfonamides is 1. The quantitative estimate of drug-likeness (QED) is 0.514. The third kappa shape index (κ3) is 6.01. The smallest absolute Gasteiger partial charge is 0.253 e. The number of carbonyl (C=O) groups excluding carboxylic acids is 1. The minimum atomic E-state index is -3.71. The predicted octanol–water partition coefficient (Wildman–Crippen LogP) is 3.75. The van der Waals surface area contributed by atoms with Gasteiger partial charge in [-0.1, -0.05) is 42.5 Å². The van der Waals surface area contributed by atoms with Gasteiger partial charge in [0.2, 0.25) is 10.0 Å². The van der Waals surface area contributed by atoms with Crippen molar-refractivity contribution in [3.8, 4) is 0 Å². The van der Waals surface area contributed by atoms with E-state index in [0.29, 0.717) is 38.0 Å². The second kappa shape index (κ2) is 10.8. The minimum Gasteiger partial charge on any atom is -0.371 e. The molecule has 1 saturated heterocycles. The van der Waals surface area contributed by atoms with Crippen molar-refractivity contribution < 1.29 is 17.6 Å². The largest absolute Gasteiger partial charge is 0.371 e.